The Morgan fingerprint density at radius 3 is 2.80 bits per heavy atom. The zero-order chi connectivity index (χ0) is 14.7. The minimum atomic E-state index is 0.308. The second kappa shape index (κ2) is 7.20. The van der Waals surface area contributed by atoms with Crippen molar-refractivity contribution >= 4 is 23.5 Å². The number of thioether (sulfide) groups is 2. The maximum absolute atomic E-state index is 5.82. The van der Waals surface area contributed by atoms with E-state index in [2.05, 4.69) is 60.9 Å². The van der Waals surface area contributed by atoms with Gasteiger partial charge < -0.3 is 0 Å². The number of nitrogens with one attached hydrogen (secondary N) is 1. The van der Waals surface area contributed by atoms with Crippen LogP contribution in [0.5, 0.6) is 0 Å². The molecule has 4 unspecified atom stereocenters. The van der Waals surface area contributed by atoms with Gasteiger partial charge in [0.05, 0.1) is 5.69 Å². The van der Waals surface area contributed by atoms with Crippen molar-refractivity contribution < 1.29 is 0 Å². The van der Waals surface area contributed by atoms with Gasteiger partial charge in [0.25, 0.3) is 0 Å². The van der Waals surface area contributed by atoms with Crippen molar-refractivity contribution in [2.45, 2.75) is 55.4 Å². The molecule has 1 aromatic heterocycles. The highest BCUT2D eigenvalue weighted by Gasteiger charge is 2.31. The van der Waals surface area contributed by atoms with E-state index in [0.717, 1.165) is 23.8 Å². The molecule has 1 fully saturated rings. The van der Waals surface area contributed by atoms with E-state index in [9.17, 15) is 0 Å². The van der Waals surface area contributed by atoms with E-state index in [-0.39, 0.29) is 0 Å². The summed E-state index contributed by atoms with van der Waals surface area (Å²) in [4.78, 5) is 0. The molecule has 1 saturated heterocycles. The largest absolute Gasteiger partial charge is 0.272 e. The van der Waals surface area contributed by atoms with Crippen LogP contribution < -0.4 is 11.3 Å². The molecule has 4 atom stereocenters. The van der Waals surface area contributed by atoms with Crippen LogP contribution in [0, 0.1) is 0 Å². The molecule has 3 N–H and O–H groups in total. The predicted octanol–water partition coefficient (Wildman–Crippen LogP) is 1.98. The summed E-state index contributed by atoms with van der Waals surface area (Å²) in [6.07, 6.45) is 1.93. The number of aryl methyl sites for hydroxylation is 2. The molecule has 1 aromatic rings. The van der Waals surface area contributed by atoms with Gasteiger partial charge in [-0.15, -0.1) is 0 Å². The van der Waals surface area contributed by atoms with Crippen LogP contribution in [0.25, 0.3) is 0 Å². The summed E-state index contributed by atoms with van der Waals surface area (Å²) in [6, 6.07) is 2.51. The minimum absolute atomic E-state index is 0.308. The molecule has 114 valence electrons. The maximum Gasteiger partial charge on any atom is 0.0624 e. The average molecular weight is 315 g/mol. The lowest BCUT2D eigenvalue weighted by atomic mass is 10.1. The first kappa shape index (κ1) is 16.2. The Labute approximate surface area is 130 Å². The number of aromatic nitrogens is 2. The fraction of sp³-hybridized carbons (Fsp3) is 0.786. The van der Waals surface area contributed by atoms with Gasteiger partial charge in [0.15, 0.2) is 0 Å². The summed E-state index contributed by atoms with van der Waals surface area (Å²) in [5.74, 6) is 6.99. The fourth-order valence-corrected chi connectivity index (χ4v) is 5.59. The summed E-state index contributed by atoms with van der Waals surface area (Å²) in [5.41, 5.74) is 5.46. The lowest BCUT2D eigenvalue weighted by Gasteiger charge is -2.35. The number of hydrazine groups is 1. The van der Waals surface area contributed by atoms with E-state index in [1.54, 1.807) is 0 Å². The van der Waals surface area contributed by atoms with Crippen molar-refractivity contribution in [1.29, 1.82) is 0 Å². The van der Waals surface area contributed by atoms with Crippen molar-refractivity contribution in [1.82, 2.24) is 15.2 Å². The highest BCUT2D eigenvalue weighted by Crippen LogP contribution is 2.37. The Bertz CT molecular complexity index is 435. The first-order chi connectivity index (χ1) is 9.55. The van der Waals surface area contributed by atoms with E-state index < -0.39 is 0 Å². The molecule has 0 aliphatic carbocycles. The van der Waals surface area contributed by atoms with Gasteiger partial charge in [-0.2, -0.15) is 28.6 Å². The lowest BCUT2D eigenvalue weighted by molar-refractivity contribution is 0.504. The summed E-state index contributed by atoms with van der Waals surface area (Å²) in [5, 5.41) is 6.51. The quantitative estimate of drug-likeness (QED) is 0.643. The first-order valence-electron chi connectivity index (χ1n) is 7.30. The summed E-state index contributed by atoms with van der Waals surface area (Å²) >= 11 is 4.14. The number of rotatable bonds is 5. The molecule has 0 spiro atoms. The molecule has 1 aliphatic heterocycles. The molecule has 2 rings (SSSR count). The highest BCUT2D eigenvalue weighted by atomic mass is 32.2. The van der Waals surface area contributed by atoms with Crippen LogP contribution >= 0.6 is 23.5 Å². The zero-order valence-corrected chi connectivity index (χ0v) is 14.4. The molecule has 0 aromatic carbocycles. The molecule has 0 bridgehead atoms. The van der Waals surface area contributed by atoms with Gasteiger partial charge in [0.1, 0.15) is 0 Å². The highest BCUT2D eigenvalue weighted by molar-refractivity contribution is 8.07. The molecular weight excluding hydrogens is 288 g/mol. The third-order valence-corrected chi connectivity index (χ3v) is 7.61. The van der Waals surface area contributed by atoms with Crippen molar-refractivity contribution in [3.63, 3.8) is 0 Å². The summed E-state index contributed by atoms with van der Waals surface area (Å²) in [6.45, 7) is 6.78. The minimum Gasteiger partial charge on any atom is -0.272 e. The van der Waals surface area contributed by atoms with Gasteiger partial charge in [-0.3, -0.25) is 16.0 Å². The standard InChI is InChI=1S/C14H26N4S2/c1-5-11-6-12(18(4)17-11)7-13(16-15)14-8-19-9(2)10(3)20-14/h6,9-10,13-14,16H,5,7-8,15H2,1-4H3. The Balaban J connectivity index is 2.03. The van der Waals surface area contributed by atoms with Crippen LogP contribution in [0.4, 0.5) is 0 Å². The van der Waals surface area contributed by atoms with Crippen LogP contribution in [0.2, 0.25) is 0 Å². The lowest BCUT2D eigenvalue weighted by Crippen LogP contribution is -2.48. The van der Waals surface area contributed by atoms with Gasteiger partial charge in [0, 0.05) is 46.7 Å². The Kier molecular flexibility index (Phi) is 5.84. The SMILES string of the molecule is CCc1cc(CC(NN)C2CSC(C)C(C)S2)n(C)n1. The van der Waals surface area contributed by atoms with Crippen LogP contribution in [0.3, 0.4) is 0 Å². The number of nitrogens with two attached hydrogens (primary N) is 1. The maximum atomic E-state index is 5.82. The van der Waals surface area contributed by atoms with Crippen LogP contribution in [0.15, 0.2) is 6.07 Å². The Morgan fingerprint density at radius 1 is 1.50 bits per heavy atom. The third-order valence-electron chi connectivity index (χ3n) is 4.06. The van der Waals surface area contributed by atoms with Gasteiger partial charge in [-0.1, -0.05) is 20.8 Å². The van der Waals surface area contributed by atoms with E-state index in [1.165, 1.54) is 11.4 Å². The molecule has 1 aliphatic rings. The molecule has 0 radical (unpaired) electrons. The molecule has 20 heavy (non-hydrogen) atoms. The normalized spacial score (nSPS) is 28.6. The van der Waals surface area contributed by atoms with Gasteiger partial charge in [0.2, 0.25) is 0 Å². The Hall–Kier alpha value is -0.170. The van der Waals surface area contributed by atoms with E-state index >= 15 is 0 Å². The molecule has 2 heterocycles. The van der Waals surface area contributed by atoms with Gasteiger partial charge >= 0.3 is 0 Å². The van der Waals surface area contributed by atoms with E-state index in [4.69, 9.17) is 5.84 Å². The number of hydrogen-bond acceptors (Lipinski definition) is 5. The second-order valence-electron chi connectivity index (χ2n) is 5.50. The van der Waals surface area contributed by atoms with E-state index in [1.807, 2.05) is 11.7 Å². The van der Waals surface area contributed by atoms with Gasteiger partial charge in [-0.25, -0.2) is 0 Å². The molecule has 0 amide bonds. The van der Waals surface area contributed by atoms with Crippen molar-refractivity contribution in [3.8, 4) is 0 Å². The molecule has 4 nitrogen and oxygen atoms in total. The van der Waals surface area contributed by atoms with Crippen molar-refractivity contribution in [2.24, 2.45) is 12.9 Å². The number of hydrogen-bond donors (Lipinski definition) is 2. The fourth-order valence-electron chi connectivity index (χ4n) is 2.48. The topological polar surface area (TPSA) is 55.9 Å². The monoisotopic (exact) mass is 314 g/mol. The molecular formula is C14H26N4S2. The zero-order valence-electron chi connectivity index (χ0n) is 12.8. The first-order valence-corrected chi connectivity index (χ1v) is 9.29. The third kappa shape index (κ3) is 3.72. The van der Waals surface area contributed by atoms with Crippen molar-refractivity contribution in [2.75, 3.05) is 5.75 Å². The second-order valence-corrected chi connectivity index (χ2v) is 8.53. The van der Waals surface area contributed by atoms with Crippen LogP contribution in [0.1, 0.15) is 32.2 Å². The average Bonchev–Trinajstić information content (AvgIpc) is 2.80. The summed E-state index contributed by atoms with van der Waals surface area (Å²) in [7, 11) is 2.02. The van der Waals surface area contributed by atoms with E-state index in [0.29, 0.717) is 16.5 Å². The Morgan fingerprint density at radius 2 is 2.25 bits per heavy atom. The molecule has 6 heteroatoms. The van der Waals surface area contributed by atoms with Gasteiger partial charge in [-0.05, 0) is 12.5 Å². The molecule has 0 saturated carbocycles. The van der Waals surface area contributed by atoms with Crippen LogP contribution in [-0.4, -0.2) is 37.3 Å². The summed E-state index contributed by atoms with van der Waals surface area (Å²) < 4.78 is 2.00. The van der Waals surface area contributed by atoms with Crippen molar-refractivity contribution in [3.05, 3.63) is 17.5 Å². The smallest absolute Gasteiger partial charge is 0.0624 e. The van der Waals surface area contributed by atoms with Crippen LogP contribution in [-0.2, 0) is 19.9 Å². The predicted molar refractivity (Wildman–Crippen MR) is 90.2 cm³/mol. The number of nitrogens with zero attached hydrogens (tertiary/aromatic N) is 2.